The zero-order valence-corrected chi connectivity index (χ0v) is 18.4. The van der Waals surface area contributed by atoms with E-state index in [-0.39, 0.29) is 24.8 Å². The fraction of sp³-hybridized carbons (Fsp3) is 0.136. The van der Waals surface area contributed by atoms with Crippen molar-refractivity contribution in [2.75, 3.05) is 6.54 Å². The van der Waals surface area contributed by atoms with Gasteiger partial charge in [-0.3, -0.25) is 14.0 Å². The quantitative estimate of drug-likeness (QED) is 0.420. The largest absolute Gasteiger partial charge is 0.349 e. The van der Waals surface area contributed by atoms with E-state index in [1.807, 2.05) is 59.0 Å². The lowest BCUT2D eigenvalue weighted by Gasteiger charge is -2.08. The van der Waals surface area contributed by atoms with Gasteiger partial charge in [0, 0.05) is 9.85 Å². The molecule has 2 N–H and O–H groups in total. The standard InChI is InChI=1S/C22H19BrN4O2S/c23-17-8-6-16(7-9-17)19-14-30-22-26-12-18(27(19)22)11-24-21(29)13-25-20(28)10-15-4-2-1-3-5-15/h1-9,12,14H,10-11,13H2,(H,24,29)(H,25,28). The highest BCUT2D eigenvalue weighted by atomic mass is 79.9. The maximum atomic E-state index is 12.2. The molecule has 30 heavy (non-hydrogen) atoms. The van der Waals surface area contributed by atoms with Gasteiger partial charge in [-0.25, -0.2) is 4.98 Å². The van der Waals surface area contributed by atoms with Crippen LogP contribution in [0.1, 0.15) is 11.3 Å². The maximum absolute atomic E-state index is 12.2. The minimum atomic E-state index is -0.244. The second-order valence-corrected chi connectivity index (χ2v) is 8.46. The molecule has 6 nitrogen and oxygen atoms in total. The molecule has 2 aromatic carbocycles. The summed E-state index contributed by atoms with van der Waals surface area (Å²) in [5, 5.41) is 7.57. The molecular formula is C22H19BrN4O2S. The van der Waals surface area contributed by atoms with Crippen molar-refractivity contribution >= 4 is 44.0 Å². The number of hydrogen-bond acceptors (Lipinski definition) is 4. The van der Waals surface area contributed by atoms with E-state index in [9.17, 15) is 9.59 Å². The molecule has 0 unspecified atom stereocenters. The first-order valence-corrected chi connectivity index (χ1v) is 11.0. The highest BCUT2D eigenvalue weighted by Crippen LogP contribution is 2.28. The van der Waals surface area contributed by atoms with Crippen molar-refractivity contribution in [3.8, 4) is 11.3 Å². The Hall–Kier alpha value is -2.97. The van der Waals surface area contributed by atoms with Gasteiger partial charge in [0.2, 0.25) is 11.8 Å². The summed E-state index contributed by atoms with van der Waals surface area (Å²) in [7, 11) is 0. The van der Waals surface area contributed by atoms with Crippen LogP contribution in [0.5, 0.6) is 0 Å². The van der Waals surface area contributed by atoms with Gasteiger partial charge in [-0.15, -0.1) is 11.3 Å². The Morgan fingerprint density at radius 2 is 1.77 bits per heavy atom. The predicted octanol–water partition coefficient (Wildman–Crippen LogP) is 3.80. The molecule has 4 aromatic rings. The van der Waals surface area contributed by atoms with Gasteiger partial charge in [-0.2, -0.15) is 0 Å². The zero-order chi connectivity index (χ0) is 20.9. The summed E-state index contributed by atoms with van der Waals surface area (Å²) in [4.78, 5) is 29.5. The van der Waals surface area contributed by atoms with Crippen molar-refractivity contribution in [1.82, 2.24) is 20.0 Å². The van der Waals surface area contributed by atoms with E-state index in [1.165, 1.54) is 0 Å². The normalized spacial score (nSPS) is 10.8. The fourth-order valence-corrected chi connectivity index (χ4v) is 4.24. The van der Waals surface area contributed by atoms with Crippen molar-refractivity contribution in [3.63, 3.8) is 0 Å². The molecule has 8 heteroatoms. The minimum absolute atomic E-state index is 0.0587. The molecule has 0 aliphatic heterocycles. The molecule has 0 fully saturated rings. The summed E-state index contributed by atoms with van der Waals surface area (Å²) in [5.41, 5.74) is 3.90. The molecule has 0 bridgehead atoms. The Kier molecular flexibility index (Phi) is 6.25. The van der Waals surface area contributed by atoms with Crippen molar-refractivity contribution < 1.29 is 9.59 Å². The number of hydrogen-bond donors (Lipinski definition) is 2. The van der Waals surface area contributed by atoms with Gasteiger partial charge in [-0.1, -0.05) is 58.4 Å². The number of carbonyl (C=O) groups excluding carboxylic acids is 2. The number of benzene rings is 2. The average Bonchev–Trinajstić information content (AvgIpc) is 3.35. The molecule has 0 saturated heterocycles. The number of fused-ring (bicyclic) bond motifs is 1. The van der Waals surface area contributed by atoms with Gasteiger partial charge in [-0.05, 0) is 23.3 Å². The third-order valence-electron chi connectivity index (χ3n) is 4.58. The number of nitrogens with one attached hydrogen (secondary N) is 2. The van der Waals surface area contributed by atoms with Crippen LogP contribution in [0.15, 0.2) is 70.6 Å². The summed E-state index contributed by atoms with van der Waals surface area (Å²) in [6.07, 6.45) is 2.02. The average molecular weight is 483 g/mol. The van der Waals surface area contributed by atoms with Crippen molar-refractivity contribution in [1.29, 1.82) is 0 Å². The van der Waals surface area contributed by atoms with Crippen molar-refractivity contribution in [2.24, 2.45) is 0 Å². The first-order valence-electron chi connectivity index (χ1n) is 9.37. The lowest BCUT2D eigenvalue weighted by molar-refractivity contribution is -0.125. The van der Waals surface area contributed by atoms with Crippen molar-refractivity contribution in [2.45, 2.75) is 13.0 Å². The Labute approximate surface area is 186 Å². The molecule has 2 aromatic heterocycles. The van der Waals surface area contributed by atoms with Crippen LogP contribution < -0.4 is 10.6 Å². The number of aromatic nitrogens is 2. The van der Waals surface area contributed by atoms with Crippen LogP contribution in [0.3, 0.4) is 0 Å². The highest BCUT2D eigenvalue weighted by molar-refractivity contribution is 9.10. The van der Waals surface area contributed by atoms with Crippen LogP contribution in [0.4, 0.5) is 0 Å². The number of rotatable bonds is 7. The smallest absolute Gasteiger partial charge is 0.239 e. The molecule has 0 aliphatic carbocycles. The van der Waals surface area contributed by atoms with Gasteiger partial charge in [0.15, 0.2) is 4.96 Å². The number of amides is 2. The summed E-state index contributed by atoms with van der Waals surface area (Å²) >= 11 is 5.01. The van der Waals surface area contributed by atoms with Crippen molar-refractivity contribution in [3.05, 3.63) is 81.9 Å². The number of nitrogens with zero attached hydrogens (tertiary/aromatic N) is 2. The molecule has 0 atom stereocenters. The molecule has 0 spiro atoms. The number of imidazole rings is 1. The molecular weight excluding hydrogens is 464 g/mol. The molecule has 2 heterocycles. The summed E-state index contributed by atoms with van der Waals surface area (Å²) in [6.45, 7) is 0.269. The monoisotopic (exact) mass is 482 g/mol. The van der Waals surface area contributed by atoms with E-state index in [0.29, 0.717) is 6.54 Å². The molecule has 4 rings (SSSR count). The Balaban J connectivity index is 1.35. The Morgan fingerprint density at radius 1 is 1.00 bits per heavy atom. The minimum Gasteiger partial charge on any atom is -0.349 e. The topological polar surface area (TPSA) is 75.5 Å². The summed E-state index contributed by atoms with van der Waals surface area (Å²) in [5.74, 6) is -0.426. The second-order valence-electron chi connectivity index (χ2n) is 6.71. The van der Waals surface area contributed by atoms with Crippen LogP contribution in [0, 0.1) is 0 Å². The lowest BCUT2D eigenvalue weighted by Crippen LogP contribution is -2.37. The number of carbonyl (C=O) groups is 2. The lowest BCUT2D eigenvalue weighted by atomic mass is 10.1. The molecule has 0 aliphatic rings. The van der Waals surface area contributed by atoms with E-state index in [2.05, 4.69) is 36.9 Å². The second kappa shape index (κ2) is 9.23. The first-order chi connectivity index (χ1) is 14.6. The number of halogens is 1. The van der Waals surface area contributed by atoms with Gasteiger partial charge in [0.1, 0.15) is 0 Å². The van der Waals surface area contributed by atoms with E-state index >= 15 is 0 Å². The zero-order valence-electron chi connectivity index (χ0n) is 16.0. The molecule has 2 amide bonds. The molecule has 0 saturated carbocycles. The van der Waals surface area contributed by atoms with Crippen LogP contribution in [-0.2, 0) is 22.6 Å². The Bertz CT molecular complexity index is 1170. The van der Waals surface area contributed by atoms with Gasteiger partial charge in [0.25, 0.3) is 0 Å². The van der Waals surface area contributed by atoms with Crippen LogP contribution in [0.2, 0.25) is 0 Å². The van der Waals surface area contributed by atoms with E-state index < -0.39 is 0 Å². The Morgan fingerprint density at radius 3 is 2.53 bits per heavy atom. The van der Waals surface area contributed by atoms with E-state index in [0.717, 1.165) is 31.9 Å². The highest BCUT2D eigenvalue weighted by Gasteiger charge is 2.13. The third kappa shape index (κ3) is 4.77. The van der Waals surface area contributed by atoms with Gasteiger partial charge in [0.05, 0.1) is 37.1 Å². The predicted molar refractivity (Wildman–Crippen MR) is 121 cm³/mol. The third-order valence-corrected chi connectivity index (χ3v) is 5.95. The van der Waals surface area contributed by atoms with Crippen LogP contribution in [-0.4, -0.2) is 27.7 Å². The number of thiazole rings is 1. The SMILES string of the molecule is O=C(CNC(=O)Cc1ccccc1)NCc1cnc2scc(-c3ccc(Br)cc3)n12. The van der Waals surface area contributed by atoms with E-state index in [1.54, 1.807) is 17.5 Å². The van der Waals surface area contributed by atoms with E-state index in [4.69, 9.17) is 0 Å². The summed E-state index contributed by atoms with van der Waals surface area (Å²) < 4.78 is 3.06. The molecule has 152 valence electrons. The van der Waals surface area contributed by atoms with Gasteiger partial charge < -0.3 is 10.6 Å². The van der Waals surface area contributed by atoms with Crippen LogP contribution >= 0.6 is 27.3 Å². The fourth-order valence-electron chi connectivity index (χ4n) is 3.09. The first kappa shape index (κ1) is 20.3. The van der Waals surface area contributed by atoms with Gasteiger partial charge >= 0.3 is 0 Å². The summed E-state index contributed by atoms with van der Waals surface area (Å²) in [6, 6.07) is 17.5. The van der Waals surface area contributed by atoms with Crippen LogP contribution in [0.25, 0.3) is 16.2 Å². The maximum Gasteiger partial charge on any atom is 0.239 e. The molecule has 0 radical (unpaired) electrons.